The van der Waals surface area contributed by atoms with E-state index in [9.17, 15) is 4.39 Å². The maximum Gasteiger partial charge on any atom is 0.141 e. The van der Waals surface area contributed by atoms with Crippen molar-refractivity contribution in [2.45, 2.75) is 12.6 Å². The van der Waals surface area contributed by atoms with Crippen molar-refractivity contribution in [3.05, 3.63) is 94.5 Å². The summed E-state index contributed by atoms with van der Waals surface area (Å²) in [6.07, 6.45) is 5.41. The fourth-order valence-corrected chi connectivity index (χ4v) is 5.56. The summed E-state index contributed by atoms with van der Waals surface area (Å²) < 4.78 is 19.2. The molecule has 0 aliphatic heterocycles. The van der Waals surface area contributed by atoms with Crippen molar-refractivity contribution in [2.75, 3.05) is 17.3 Å². The number of nitrogens with zero attached hydrogens (tertiary/aromatic N) is 3. The van der Waals surface area contributed by atoms with E-state index in [4.69, 9.17) is 22.1 Å². The van der Waals surface area contributed by atoms with Crippen LogP contribution in [0.4, 0.5) is 15.9 Å². The smallest absolute Gasteiger partial charge is 0.141 e. The van der Waals surface area contributed by atoms with E-state index in [1.54, 1.807) is 47.4 Å². The Bertz CT molecular complexity index is 1550. The molecule has 0 aliphatic carbocycles. The fraction of sp³-hybridized carbons (Fsp3) is 0.148. The summed E-state index contributed by atoms with van der Waals surface area (Å²) in [7, 11) is 0. The number of fused-ring (bicyclic) bond motifs is 1. The molecule has 0 bridgehead atoms. The Kier molecular flexibility index (Phi) is 7.85. The number of nitrogens with one attached hydrogen (secondary N) is 1. The van der Waals surface area contributed by atoms with Gasteiger partial charge in [0, 0.05) is 39.5 Å². The molecule has 6 nitrogen and oxygen atoms in total. The second kappa shape index (κ2) is 11.4. The number of hydrogen-bond acceptors (Lipinski definition) is 8. The Morgan fingerprint density at radius 2 is 2.00 bits per heavy atom. The van der Waals surface area contributed by atoms with Gasteiger partial charge in [0.05, 0.1) is 10.5 Å². The number of rotatable bonds is 9. The maximum absolute atomic E-state index is 13.4. The molecular formula is C27H23ClFN5OS2. The normalized spacial score (nSPS) is 12.0. The monoisotopic (exact) mass is 551 g/mol. The van der Waals surface area contributed by atoms with Crippen LogP contribution in [0.25, 0.3) is 21.5 Å². The van der Waals surface area contributed by atoms with Crippen LogP contribution < -0.4 is 15.8 Å². The molecule has 0 unspecified atom stereocenters. The number of benzene rings is 3. The zero-order valence-corrected chi connectivity index (χ0v) is 22.2. The Balaban J connectivity index is 1.36. The molecule has 1 atom stereocenters. The van der Waals surface area contributed by atoms with Gasteiger partial charge in [-0.15, -0.1) is 11.3 Å². The zero-order chi connectivity index (χ0) is 25.8. The first-order valence-electron chi connectivity index (χ1n) is 11.4. The quantitative estimate of drug-likeness (QED) is 0.200. The Morgan fingerprint density at radius 3 is 2.81 bits per heavy atom. The molecule has 0 saturated carbocycles. The van der Waals surface area contributed by atoms with Gasteiger partial charge < -0.3 is 15.8 Å². The minimum atomic E-state index is -0.304. The van der Waals surface area contributed by atoms with Crippen LogP contribution in [0, 0.1) is 5.82 Å². The first kappa shape index (κ1) is 25.4. The number of anilines is 2. The lowest BCUT2D eigenvalue weighted by Crippen LogP contribution is -2.10. The van der Waals surface area contributed by atoms with Gasteiger partial charge in [0.2, 0.25) is 0 Å². The number of thioether (sulfide) groups is 1. The summed E-state index contributed by atoms with van der Waals surface area (Å²) in [6.45, 7) is 0.213. The van der Waals surface area contributed by atoms with E-state index in [0.717, 1.165) is 43.4 Å². The number of ether oxygens (including phenoxy) is 1. The molecule has 5 rings (SSSR count). The van der Waals surface area contributed by atoms with Crippen molar-refractivity contribution in [1.29, 1.82) is 0 Å². The van der Waals surface area contributed by atoms with Crippen molar-refractivity contribution in [1.82, 2.24) is 15.0 Å². The number of thiazole rings is 1. The number of nitrogens with two attached hydrogens (primary N) is 1. The van der Waals surface area contributed by atoms with E-state index in [1.807, 2.05) is 36.7 Å². The first-order chi connectivity index (χ1) is 18.0. The van der Waals surface area contributed by atoms with E-state index in [2.05, 4.69) is 20.3 Å². The van der Waals surface area contributed by atoms with Gasteiger partial charge in [-0.1, -0.05) is 23.7 Å². The summed E-state index contributed by atoms with van der Waals surface area (Å²) >= 11 is 9.79. The van der Waals surface area contributed by atoms with E-state index < -0.39 is 0 Å². The highest BCUT2D eigenvalue weighted by molar-refractivity contribution is 7.98. The van der Waals surface area contributed by atoms with Crippen molar-refractivity contribution in [2.24, 2.45) is 5.73 Å². The lowest BCUT2D eigenvalue weighted by atomic mass is 10.1. The topological polar surface area (TPSA) is 86.0 Å². The number of halogens is 2. The average molecular weight is 552 g/mol. The molecule has 2 heterocycles. The molecule has 0 saturated heterocycles. The average Bonchev–Trinajstić information content (AvgIpc) is 3.39. The standard InChI is InChI=1S/C27H23ClFN5OS2/c1-36-14-22(30)25-12-31-27(37-25)17-5-7-23-20(10-17)26(33-15-32-23)34-19-6-8-24(21(28)11-19)35-13-16-3-2-4-18(29)9-16/h2-12,15,22H,13-14,30H2,1H3,(H,32,33,34)/t22-/m1/s1. The van der Waals surface area contributed by atoms with E-state index in [-0.39, 0.29) is 18.5 Å². The predicted molar refractivity (Wildman–Crippen MR) is 151 cm³/mol. The Labute approximate surface area is 227 Å². The van der Waals surface area contributed by atoms with Gasteiger partial charge in [-0.2, -0.15) is 11.8 Å². The first-order valence-corrected chi connectivity index (χ1v) is 14.0. The number of aromatic nitrogens is 3. The van der Waals surface area contributed by atoms with Crippen molar-refractivity contribution in [3.8, 4) is 16.3 Å². The summed E-state index contributed by atoms with van der Waals surface area (Å²) in [6, 6.07) is 17.6. The largest absolute Gasteiger partial charge is 0.487 e. The van der Waals surface area contributed by atoms with Gasteiger partial charge in [-0.05, 0) is 60.4 Å². The van der Waals surface area contributed by atoms with Gasteiger partial charge >= 0.3 is 0 Å². The molecule has 2 aromatic heterocycles. The summed E-state index contributed by atoms with van der Waals surface area (Å²) in [5.74, 6) is 1.69. The van der Waals surface area contributed by atoms with E-state index in [0.29, 0.717) is 16.6 Å². The van der Waals surface area contributed by atoms with Crippen molar-refractivity contribution >= 4 is 57.1 Å². The lowest BCUT2D eigenvalue weighted by Gasteiger charge is -2.12. The van der Waals surface area contributed by atoms with Crippen molar-refractivity contribution < 1.29 is 9.13 Å². The molecule has 37 heavy (non-hydrogen) atoms. The molecule has 3 aromatic carbocycles. The highest BCUT2D eigenvalue weighted by atomic mass is 35.5. The van der Waals surface area contributed by atoms with Crippen LogP contribution in [0.1, 0.15) is 16.5 Å². The van der Waals surface area contributed by atoms with Crippen molar-refractivity contribution in [3.63, 3.8) is 0 Å². The Hall–Kier alpha value is -3.24. The van der Waals surface area contributed by atoms with Crippen LogP contribution >= 0.6 is 34.7 Å². The maximum atomic E-state index is 13.4. The zero-order valence-electron chi connectivity index (χ0n) is 19.8. The van der Waals surface area contributed by atoms with Gasteiger partial charge in [0.25, 0.3) is 0 Å². The molecule has 10 heteroatoms. The van der Waals surface area contributed by atoms with Crippen LogP contribution in [0.15, 0.2) is 73.2 Å². The van der Waals surface area contributed by atoms with Crippen LogP contribution in [-0.2, 0) is 6.61 Å². The van der Waals surface area contributed by atoms with Crippen LogP contribution in [0.3, 0.4) is 0 Å². The molecular weight excluding hydrogens is 529 g/mol. The molecule has 0 spiro atoms. The molecule has 0 aliphatic rings. The molecule has 0 amide bonds. The van der Waals surface area contributed by atoms with Gasteiger partial charge in [0.15, 0.2) is 0 Å². The second-order valence-corrected chi connectivity index (χ2v) is 10.7. The minimum absolute atomic E-state index is 0.0344. The summed E-state index contributed by atoms with van der Waals surface area (Å²) in [4.78, 5) is 14.5. The summed E-state index contributed by atoms with van der Waals surface area (Å²) in [5.41, 5.74) is 9.50. The molecule has 0 fully saturated rings. The minimum Gasteiger partial charge on any atom is -0.487 e. The fourth-order valence-electron chi connectivity index (χ4n) is 3.76. The molecule has 5 aromatic rings. The third-order valence-electron chi connectivity index (χ3n) is 5.60. The SMILES string of the molecule is CSC[C@@H](N)c1cnc(-c2ccc3ncnc(Nc4ccc(OCc5cccc(F)c5)c(Cl)c4)c3c2)s1. The van der Waals surface area contributed by atoms with Crippen LogP contribution in [0.2, 0.25) is 5.02 Å². The molecule has 3 N–H and O–H groups in total. The lowest BCUT2D eigenvalue weighted by molar-refractivity contribution is 0.306. The predicted octanol–water partition coefficient (Wildman–Crippen LogP) is 7.23. The highest BCUT2D eigenvalue weighted by Crippen LogP contribution is 2.34. The third-order valence-corrected chi connectivity index (χ3v) is 7.76. The molecule has 188 valence electrons. The highest BCUT2D eigenvalue weighted by Gasteiger charge is 2.13. The van der Waals surface area contributed by atoms with Gasteiger partial charge in [-0.25, -0.2) is 19.3 Å². The number of hydrogen-bond donors (Lipinski definition) is 2. The Morgan fingerprint density at radius 1 is 1.11 bits per heavy atom. The van der Waals surface area contributed by atoms with Gasteiger partial charge in [0.1, 0.15) is 35.3 Å². The van der Waals surface area contributed by atoms with E-state index >= 15 is 0 Å². The summed E-state index contributed by atoms with van der Waals surface area (Å²) in [5, 5.41) is 5.51. The van der Waals surface area contributed by atoms with Gasteiger partial charge in [-0.3, -0.25) is 0 Å². The van der Waals surface area contributed by atoms with Crippen LogP contribution in [0.5, 0.6) is 5.75 Å². The third kappa shape index (κ3) is 6.02. The molecule has 0 radical (unpaired) electrons. The van der Waals surface area contributed by atoms with Crippen LogP contribution in [-0.4, -0.2) is 27.0 Å². The second-order valence-electron chi connectivity index (χ2n) is 8.27. The van der Waals surface area contributed by atoms with E-state index in [1.165, 1.54) is 18.5 Å².